The van der Waals surface area contributed by atoms with Gasteiger partial charge < -0.3 is 15.5 Å². The molecule has 0 bridgehead atoms. The number of hydrogen-bond donors (Lipinski definition) is 3. The Balaban J connectivity index is 3.80. The summed E-state index contributed by atoms with van der Waals surface area (Å²) in [5.74, 6) is -0.512. The zero-order valence-corrected chi connectivity index (χ0v) is 6.87. The van der Waals surface area contributed by atoms with Gasteiger partial charge in [-0.05, 0) is 13.3 Å². The van der Waals surface area contributed by atoms with Crippen molar-refractivity contribution in [1.29, 1.82) is 0 Å². The van der Waals surface area contributed by atoms with Crippen molar-refractivity contribution >= 4 is 5.91 Å². The van der Waals surface area contributed by atoms with E-state index in [4.69, 9.17) is 10.2 Å². The summed E-state index contributed by atoms with van der Waals surface area (Å²) in [5.41, 5.74) is 0. The van der Waals surface area contributed by atoms with Gasteiger partial charge in [0.2, 0.25) is 0 Å². The van der Waals surface area contributed by atoms with Crippen molar-refractivity contribution in [1.82, 2.24) is 5.32 Å². The Kier molecular flexibility index (Phi) is 4.81. The number of likely N-dealkylation sites (N-methyl/N-ethyl adjacent to an activating group) is 1. The van der Waals surface area contributed by atoms with E-state index in [0.29, 0.717) is 13.0 Å². The topological polar surface area (TPSA) is 69.6 Å². The van der Waals surface area contributed by atoms with E-state index >= 15 is 0 Å². The van der Waals surface area contributed by atoms with Crippen LogP contribution in [0.25, 0.3) is 0 Å². The van der Waals surface area contributed by atoms with Crippen LogP contribution in [0.3, 0.4) is 0 Å². The maximum atomic E-state index is 10.8. The quantitative estimate of drug-likeness (QED) is 0.508. The standard InChI is InChI=1S/C7H15NO3/c1-3-5(9)6(10)7(11)8-4-2/h5-6,9-10H,3-4H2,1-2H3,(H,8,11). The molecule has 0 spiro atoms. The van der Waals surface area contributed by atoms with Crippen molar-refractivity contribution in [2.24, 2.45) is 0 Å². The molecule has 0 aliphatic rings. The van der Waals surface area contributed by atoms with E-state index in [1.54, 1.807) is 13.8 Å². The van der Waals surface area contributed by atoms with E-state index in [1.165, 1.54) is 0 Å². The summed E-state index contributed by atoms with van der Waals surface area (Å²) in [6.07, 6.45) is -1.88. The first-order valence-corrected chi connectivity index (χ1v) is 3.77. The number of hydrogen-bond acceptors (Lipinski definition) is 3. The monoisotopic (exact) mass is 161 g/mol. The smallest absolute Gasteiger partial charge is 0.251 e. The van der Waals surface area contributed by atoms with Crippen LogP contribution in [0, 0.1) is 0 Å². The Morgan fingerprint density at radius 1 is 1.45 bits per heavy atom. The SMILES string of the molecule is CCNC(=O)C(O)C(O)CC. The van der Waals surface area contributed by atoms with Crippen LogP contribution in [0.2, 0.25) is 0 Å². The Labute approximate surface area is 66.2 Å². The molecule has 0 aliphatic heterocycles. The van der Waals surface area contributed by atoms with Crippen LogP contribution in [-0.4, -0.2) is 34.9 Å². The third-order valence-corrected chi connectivity index (χ3v) is 1.40. The summed E-state index contributed by atoms with van der Waals surface area (Å²) in [5, 5.41) is 20.5. The largest absolute Gasteiger partial charge is 0.390 e. The lowest BCUT2D eigenvalue weighted by atomic mass is 10.1. The van der Waals surface area contributed by atoms with Crippen LogP contribution >= 0.6 is 0 Å². The Morgan fingerprint density at radius 3 is 2.36 bits per heavy atom. The number of aliphatic hydroxyl groups is 2. The molecule has 66 valence electrons. The molecule has 0 rings (SSSR count). The fraction of sp³-hybridized carbons (Fsp3) is 0.857. The molecule has 0 aliphatic carbocycles. The Morgan fingerprint density at radius 2 is 2.00 bits per heavy atom. The van der Waals surface area contributed by atoms with Gasteiger partial charge in [0.1, 0.15) is 0 Å². The molecule has 0 aromatic heterocycles. The summed E-state index contributed by atoms with van der Waals surface area (Å²) in [6.45, 7) is 3.92. The summed E-state index contributed by atoms with van der Waals surface area (Å²) >= 11 is 0. The van der Waals surface area contributed by atoms with E-state index in [2.05, 4.69) is 5.32 Å². The van der Waals surface area contributed by atoms with Gasteiger partial charge in [-0.2, -0.15) is 0 Å². The summed E-state index contributed by atoms with van der Waals surface area (Å²) in [6, 6.07) is 0. The second kappa shape index (κ2) is 5.09. The average Bonchev–Trinajstić information content (AvgIpc) is 2.02. The minimum absolute atomic E-state index is 0.373. The molecule has 0 heterocycles. The first-order chi connectivity index (χ1) is 5.13. The molecule has 0 saturated heterocycles. The molecule has 4 nitrogen and oxygen atoms in total. The van der Waals surface area contributed by atoms with E-state index in [9.17, 15) is 4.79 Å². The molecule has 3 N–H and O–H groups in total. The molecule has 0 aromatic carbocycles. The fourth-order valence-electron chi connectivity index (χ4n) is 0.677. The molecule has 2 atom stereocenters. The van der Waals surface area contributed by atoms with Gasteiger partial charge in [-0.15, -0.1) is 0 Å². The molecular formula is C7H15NO3. The van der Waals surface area contributed by atoms with Crippen LogP contribution in [0.4, 0.5) is 0 Å². The van der Waals surface area contributed by atoms with E-state index in [0.717, 1.165) is 0 Å². The van der Waals surface area contributed by atoms with Crippen molar-refractivity contribution in [2.75, 3.05) is 6.54 Å². The summed E-state index contributed by atoms with van der Waals surface area (Å²) in [7, 11) is 0. The minimum atomic E-state index is -1.29. The van der Waals surface area contributed by atoms with E-state index in [1.807, 2.05) is 0 Å². The van der Waals surface area contributed by atoms with Crippen LogP contribution in [-0.2, 0) is 4.79 Å². The minimum Gasteiger partial charge on any atom is -0.390 e. The number of amides is 1. The summed E-state index contributed by atoms with van der Waals surface area (Å²) < 4.78 is 0. The van der Waals surface area contributed by atoms with E-state index < -0.39 is 18.1 Å². The number of nitrogens with one attached hydrogen (secondary N) is 1. The highest BCUT2D eigenvalue weighted by Crippen LogP contribution is 1.97. The fourth-order valence-corrected chi connectivity index (χ4v) is 0.677. The summed E-state index contributed by atoms with van der Waals surface area (Å²) in [4.78, 5) is 10.8. The number of aliphatic hydroxyl groups excluding tert-OH is 2. The Hall–Kier alpha value is -0.610. The Bertz CT molecular complexity index is 127. The predicted octanol–water partition coefficient (Wildman–Crippen LogP) is -0.746. The molecule has 0 radical (unpaired) electrons. The first-order valence-electron chi connectivity index (χ1n) is 3.77. The predicted molar refractivity (Wildman–Crippen MR) is 41.0 cm³/mol. The highest BCUT2D eigenvalue weighted by Gasteiger charge is 2.21. The first kappa shape index (κ1) is 10.4. The van der Waals surface area contributed by atoms with Gasteiger partial charge >= 0.3 is 0 Å². The molecule has 11 heavy (non-hydrogen) atoms. The maximum Gasteiger partial charge on any atom is 0.251 e. The zero-order chi connectivity index (χ0) is 8.85. The number of carbonyl (C=O) groups is 1. The highest BCUT2D eigenvalue weighted by atomic mass is 16.3. The van der Waals surface area contributed by atoms with Gasteiger partial charge in [-0.1, -0.05) is 6.92 Å². The van der Waals surface area contributed by atoms with Crippen LogP contribution in [0.5, 0.6) is 0 Å². The molecule has 0 saturated carbocycles. The molecule has 4 heteroatoms. The van der Waals surface area contributed by atoms with Crippen LogP contribution < -0.4 is 5.32 Å². The second-order valence-corrected chi connectivity index (χ2v) is 2.32. The maximum absolute atomic E-state index is 10.8. The zero-order valence-electron chi connectivity index (χ0n) is 6.87. The van der Waals surface area contributed by atoms with Crippen molar-refractivity contribution in [3.63, 3.8) is 0 Å². The van der Waals surface area contributed by atoms with Crippen molar-refractivity contribution in [2.45, 2.75) is 32.5 Å². The van der Waals surface area contributed by atoms with Crippen molar-refractivity contribution in [3.05, 3.63) is 0 Å². The second-order valence-electron chi connectivity index (χ2n) is 2.32. The van der Waals surface area contributed by atoms with Crippen molar-refractivity contribution in [3.8, 4) is 0 Å². The molecule has 1 amide bonds. The lowest BCUT2D eigenvalue weighted by Gasteiger charge is -2.14. The van der Waals surface area contributed by atoms with Gasteiger partial charge in [-0.3, -0.25) is 4.79 Å². The van der Waals surface area contributed by atoms with Gasteiger partial charge in [0.25, 0.3) is 5.91 Å². The molecule has 2 unspecified atom stereocenters. The molecular weight excluding hydrogens is 146 g/mol. The molecule has 0 aromatic rings. The van der Waals surface area contributed by atoms with E-state index in [-0.39, 0.29) is 0 Å². The van der Waals surface area contributed by atoms with Gasteiger partial charge in [0, 0.05) is 6.54 Å². The third kappa shape index (κ3) is 3.34. The lowest BCUT2D eigenvalue weighted by Crippen LogP contribution is -2.41. The van der Waals surface area contributed by atoms with Gasteiger partial charge in [0.05, 0.1) is 6.10 Å². The molecule has 0 fully saturated rings. The number of carbonyl (C=O) groups excluding carboxylic acids is 1. The third-order valence-electron chi connectivity index (χ3n) is 1.40. The average molecular weight is 161 g/mol. The van der Waals surface area contributed by atoms with Crippen molar-refractivity contribution < 1.29 is 15.0 Å². The van der Waals surface area contributed by atoms with Gasteiger partial charge in [-0.25, -0.2) is 0 Å². The van der Waals surface area contributed by atoms with Gasteiger partial charge in [0.15, 0.2) is 6.10 Å². The van der Waals surface area contributed by atoms with Crippen LogP contribution in [0.15, 0.2) is 0 Å². The highest BCUT2D eigenvalue weighted by molar-refractivity contribution is 5.80. The lowest BCUT2D eigenvalue weighted by molar-refractivity contribution is -0.135. The number of rotatable bonds is 4. The normalized spacial score (nSPS) is 15.6. The van der Waals surface area contributed by atoms with Crippen LogP contribution in [0.1, 0.15) is 20.3 Å².